The molecule has 2 N–H and O–H groups in total. The molecular weight excluding hydrogens is 248 g/mol. The molecule has 0 bridgehead atoms. The highest BCUT2D eigenvalue weighted by Crippen LogP contribution is 2.29. The zero-order chi connectivity index (χ0) is 13.2. The van der Waals surface area contributed by atoms with E-state index in [1.807, 2.05) is 0 Å². The standard InChI is InChI=1S/C13H26N2O2S/c1-2-11-10-15(9-8-13(11)14)18(16,17)12-6-4-3-5-7-12/h11-13H,2-10,14H2,1H3. The van der Waals surface area contributed by atoms with E-state index >= 15 is 0 Å². The molecule has 0 aromatic heterocycles. The Balaban J connectivity index is 2.05. The lowest BCUT2D eigenvalue weighted by molar-refractivity contribution is 0.227. The summed E-state index contributed by atoms with van der Waals surface area (Å²) < 4.78 is 26.9. The highest BCUT2D eigenvalue weighted by atomic mass is 32.2. The monoisotopic (exact) mass is 274 g/mol. The van der Waals surface area contributed by atoms with E-state index in [4.69, 9.17) is 5.73 Å². The molecule has 1 saturated carbocycles. The third-order valence-corrected chi connectivity index (χ3v) is 6.98. The van der Waals surface area contributed by atoms with Crippen molar-refractivity contribution in [1.29, 1.82) is 0 Å². The SMILES string of the molecule is CCC1CN(S(=O)(=O)C2CCCCC2)CCC1N. The van der Waals surface area contributed by atoms with Crippen molar-refractivity contribution in [1.82, 2.24) is 4.31 Å². The Morgan fingerprint density at radius 2 is 1.83 bits per heavy atom. The minimum absolute atomic E-state index is 0.127. The Hall–Kier alpha value is -0.130. The predicted octanol–water partition coefficient (Wildman–Crippen LogP) is 1.71. The molecule has 0 spiro atoms. The second-order valence-electron chi connectivity index (χ2n) is 5.78. The van der Waals surface area contributed by atoms with Gasteiger partial charge in [-0.1, -0.05) is 32.6 Å². The minimum atomic E-state index is -3.07. The van der Waals surface area contributed by atoms with E-state index in [2.05, 4.69) is 6.92 Å². The van der Waals surface area contributed by atoms with Crippen LogP contribution in [0.3, 0.4) is 0 Å². The van der Waals surface area contributed by atoms with E-state index in [0.717, 1.165) is 38.5 Å². The fraction of sp³-hybridized carbons (Fsp3) is 1.00. The van der Waals surface area contributed by atoms with Crippen LogP contribution in [0.4, 0.5) is 0 Å². The summed E-state index contributed by atoms with van der Waals surface area (Å²) >= 11 is 0. The van der Waals surface area contributed by atoms with Gasteiger partial charge in [0.2, 0.25) is 10.0 Å². The Kier molecular flexibility index (Phi) is 4.67. The van der Waals surface area contributed by atoms with Crippen LogP contribution in [0.5, 0.6) is 0 Å². The number of sulfonamides is 1. The molecule has 2 atom stereocenters. The van der Waals surface area contributed by atoms with Gasteiger partial charge in [0, 0.05) is 19.1 Å². The molecule has 2 unspecified atom stereocenters. The van der Waals surface area contributed by atoms with Crippen LogP contribution in [0.1, 0.15) is 51.9 Å². The molecule has 2 fully saturated rings. The van der Waals surface area contributed by atoms with Crippen molar-refractivity contribution in [3.8, 4) is 0 Å². The van der Waals surface area contributed by atoms with E-state index in [0.29, 0.717) is 19.0 Å². The van der Waals surface area contributed by atoms with Crippen molar-refractivity contribution < 1.29 is 8.42 Å². The summed E-state index contributed by atoms with van der Waals surface area (Å²) in [6.07, 6.45) is 6.79. The van der Waals surface area contributed by atoms with Crippen LogP contribution in [-0.4, -0.2) is 37.1 Å². The second-order valence-corrected chi connectivity index (χ2v) is 8.00. The highest BCUT2D eigenvalue weighted by Gasteiger charge is 2.37. The molecule has 106 valence electrons. The van der Waals surface area contributed by atoms with Gasteiger partial charge in [0.05, 0.1) is 5.25 Å². The van der Waals surface area contributed by atoms with E-state index in [1.165, 1.54) is 6.42 Å². The summed E-state index contributed by atoms with van der Waals surface area (Å²) in [5.74, 6) is 0.331. The van der Waals surface area contributed by atoms with E-state index in [-0.39, 0.29) is 11.3 Å². The van der Waals surface area contributed by atoms with Crippen molar-refractivity contribution in [2.75, 3.05) is 13.1 Å². The topological polar surface area (TPSA) is 63.4 Å². The summed E-state index contributed by atoms with van der Waals surface area (Å²) in [6.45, 7) is 3.36. The molecule has 1 aliphatic heterocycles. The van der Waals surface area contributed by atoms with Gasteiger partial charge < -0.3 is 5.73 Å². The quantitative estimate of drug-likeness (QED) is 0.852. The Labute approximate surface area is 111 Å². The van der Waals surface area contributed by atoms with Crippen molar-refractivity contribution in [3.63, 3.8) is 0 Å². The molecule has 5 heteroatoms. The van der Waals surface area contributed by atoms with Gasteiger partial charge in [-0.05, 0) is 25.2 Å². The molecule has 2 rings (SSSR count). The maximum Gasteiger partial charge on any atom is 0.216 e. The first kappa shape index (κ1) is 14.3. The maximum absolute atomic E-state index is 12.6. The molecule has 1 aliphatic carbocycles. The van der Waals surface area contributed by atoms with Crippen molar-refractivity contribution >= 4 is 10.0 Å². The number of piperidine rings is 1. The molecule has 1 heterocycles. The lowest BCUT2D eigenvalue weighted by atomic mass is 9.92. The smallest absolute Gasteiger partial charge is 0.216 e. The molecular formula is C13H26N2O2S. The van der Waals surface area contributed by atoms with Gasteiger partial charge in [-0.25, -0.2) is 12.7 Å². The summed E-state index contributed by atoms with van der Waals surface area (Å²) in [5.41, 5.74) is 6.05. The van der Waals surface area contributed by atoms with Crippen LogP contribution >= 0.6 is 0 Å². The lowest BCUT2D eigenvalue weighted by Gasteiger charge is -2.38. The summed E-state index contributed by atoms with van der Waals surface area (Å²) in [5, 5.41) is -0.127. The average molecular weight is 274 g/mol. The van der Waals surface area contributed by atoms with Gasteiger partial charge in [-0.3, -0.25) is 0 Å². The first-order valence-electron chi connectivity index (χ1n) is 7.30. The summed E-state index contributed by atoms with van der Waals surface area (Å²) in [4.78, 5) is 0. The van der Waals surface area contributed by atoms with Crippen LogP contribution in [0, 0.1) is 5.92 Å². The molecule has 2 aliphatic rings. The summed E-state index contributed by atoms with van der Waals surface area (Å²) in [7, 11) is -3.07. The van der Waals surface area contributed by atoms with Crippen LogP contribution in [0.2, 0.25) is 0 Å². The number of nitrogens with two attached hydrogens (primary N) is 1. The van der Waals surface area contributed by atoms with Gasteiger partial charge in [0.15, 0.2) is 0 Å². The van der Waals surface area contributed by atoms with Gasteiger partial charge >= 0.3 is 0 Å². The van der Waals surface area contributed by atoms with E-state index in [9.17, 15) is 8.42 Å². The fourth-order valence-corrected chi connectivity index (χ4v) is 5.36. The largest absolute Gasteiger partial charge is 0.327 e. The molecule has 18 heavy (non-hydrogen) atoms. The molecule has 4 nitrogen and oxygen atoms in total. The molecule has 1 saturated heterocycles. The number of hydrogen-bond acceptors (Lipinski definition) is 3. The molecule has 0 radical (unpaired) electrons. The third kappa shape index (κ3) is 2.89. The first-order valence-corrected chi connectivity index (χ1v) is 8.80. The van der Waals surface area contributed by atoms with Crippen molar-refractivity contribution in [2.24, 2.45) is 11.7 Å². The minimum Gasteiger partial charge on any atom is -0.327 e. The second kappa shape index (κ2) is 5.88. The Morgan fingerprint density at radius 3 is 2.44 bits per heavy atom. The van der Waals surface area contributed by atoms with Crippen LogP contribution in [0.25, 0.3) is 0 Å². The number of hydrogen-bond donors (Lipinski definition) is 1. The fourth-order valence-electron chi connectivity index (χ4n) is 3.25. The average Bonchev–Trinajstić information content (AvgIpc) is 2.40. The maximum atomic E-state index is 12.6. The zero-order valence-corrected chi connectivity index (χ0v) is 12.2. The molecule has 0 amide bonds. The number of nitrogens with zero attached hydrogens (tertiary/aromatic N) is 1. The Bertz CT molecular complexity index is 363. The van der Waals surface area contributed by atoms with Crippen molar-refractivity contribution in [3.05, 3.63) is 0 Å². The van der Waals surface area contributed by atoms with Gasteiger partial charge in [-0.2, -0.15) is 0 Å². The van der Waals surface area contributed by atoms with Gasteiger partial charge in [0.25, 0.3) is 0 Å². The van der Waals surface area contributed by atoms with Crippen molar-refractivity contribution in [2.45, 2.75) is 63.2 Å². The molecule has 0 aromatic rings. The zero-order valence-electron chi connectivity index (χ0n) is 11.3. The van der Waals surface area contributed by atoms with Gasteiger partial charge in [0.1, 0.15) is 0 Å². The van der Waals surface area contributed by atoms with Gasteiger partial charge in [-0.15, -0.1) is 0 Å². The Morgan fingerprint density at radius 1 is 1.17 bits per heavy atom. The van der Waals surface area contributed by atoms with E-state index in [1.54, 1.807) is 4.31 Å². The highest BCUT2D eigenvalue weighted by molar-refractivity contribution is 7.89. The van der Waals surface area contributed by atoms with Crippen LogP contribution in [0.15, 0.2) is 0 Å². The molecule has 0 aromatic carbocycles. The normalized spacial score (nSPS) is 32.6. The number of rotatable bonds is 3. The van der Waals surface area contributed by atoms with Crippen LogP contribution in [-0.2, 0) is 10.0 Å². The first-order chi connectivity index (χ1) is 8.55. The van der Waals surface area contributed by atoms with Crippen LogP contribution < -0.4 is 5.73 Å². The van der Waals surface area contributed by atoms with E-state index < -0.39 is 10.0 Å². The lowest BCUT2D eigenvalue weighted by Crippen LogP contribution is -2.51. The third-order valence-electron chi connectivity index (χ3n) is 4.61. The summed E-state index contributed by atoms with van der Waals surface area (Å²) in [6, 6.07) is 0.174. The predicted molar refractivity (Wildman–Crippen MR) is 73.7 cm³/mol.